The Kier molecular flexibility index (Phi) is 5.97. The number of hydrogen-bond donors (Lipinski definition) is 0. The van der Waals surface area contributed by atoms with E-state index in [2.05, 4.69) is 16.4 Å². The molecule has 0 bridgehead atoms. The van der Waals surface area contributed by atoms with Gasteiger partial charge in [0, 0.05) is 35.8 Å². The van der Waals surface area contributed by atoms with Gasteiger partial charge in [-0.2, -0.15) is 0 Å². The zero-order valence-corrected chi connectivity index (χ0v) is 20.2. The Balaban J connectivity index is 1.35. The fourth-order valence-corrected chi connectivity index (χ4v) is 5.13. The average Bonchev–Trinajstić information content (AvgIpc) is 3.29. The van der Waals surface area contributed by atoms with E-state index in [9.17, 15) is 4.79 Å². The molecule has 0 saturated carbocycles. The molecule has 0 unspecified atom stereocenters. The summed E-state index contributed by atoms with van der Waals surface area (Å²) < 4.78 is 13.7. The smallest absolute Gasteiger partial charge is 0.261 e. The fraction of sp³-hybridized carbons (Fsp3) is 0.423. The van der Waals surface area contributed by atoms with Crippen LogP contribution in [0.1, 0.15) is 35.8 Å². The molecule has 3 aromatic rings. The van der Waals surface area contributed by atoms with Crippen LogP contribution >= 0.6 is 11.6 Å². The topological polar surface area (TPSA) is 46.9 Å². The van der Waals surface area contributed by atoms with Crippen molar-refractivity contribution in [1.82, 2.24) is 9.47 Å². The zero-order chi connectivity index (χ0) is 23.1. The summed E-state index contributed by atoms with van der Waals surface area (Å²) in [5, 5.41) is 1.60. The second kappa shape index (κ2) is 8.92. The van der Waals surface area contributed by atoms with Gasteiger partial charge >= 0.3 is 0 Å². The molecule has 5 rings (SSSR count). The minimum absolute atomic E-state index is 0.00326. The normalized spacial score (nSPS) is 17.1. The van der Waals surface area contributed by atoms with Gasteiger partial charge in [0.05, 0.1) is 30.4 Å². The quantitative estimate of drug-likeness (QED) is 0.505. The molecule has 174 valence electrons. The lowest BCUT2D eigenvalue weighted by Crippen LogP contribution is -2.35. The molecule has 33 heavy (non-hydrogen) atoms. The maximum absolute atomic E-state index is 13.4. The van der Waals surface area contributed by atoms with Crippen molar-refractivity contribution in [2.24, 2.45) is 13.0 Å². The lowest BCUT2D eigenvalue weighted by atomic mass is 9.99. The monoisotopic (exact) mass is 467 g/mol. The SMILES string of the molecule is COc1ccc(N2Cc3c(c4ccc(Cl)cc4n3C)C2=O)cc1OCCN1CCC(C)CC1. The predicted octanol–water partition coefficient (Wildman–Crippen LogP) is 5.11. The van der Waals surface area contributed by atoms with E-state index in [-0.39, 0.29) is 5.91 Å². The zero-order valence-electron chi connectivity index (χ0n) is 19.4. The highest BCUT2D eigenvalue weighted by atomic mass is 35.5. The van der Waals surface area contributed by atoms with Crippen LogP contribution in [0, 0.1) is 5.92 Å². The number of nitrogens with zero attached hydrogens (tertiary/aromatic N) is 3. The minimum Gasteiger partial charge on any atom is -0.493 e. The van der Waals surface area contributed by atoms with Crippen molar-refractivity contribution in [2.75, 3.05) is 38.3 Å². The first-order valence-corrected chi connectivity index (χ1v) is 12.0. The van der Waals surface area contributed by atoms with Gasteiger partial charge in [0.2, 0.25) is 0 Å². The van der Waals surface area contributed by atoms with Gasteiger partial charge in [-0.05, 0) is 56.1 Å². The molecule has 0 N–H and O–H groups in total. The number of hydrogen-bond acceptors (Lipinski definition) is 4. The molecule has 2 aromatic carbocycles. The second-order valence-corrected chi connectivity index (χ2v) is 9.58. The van der Waals surface area contributed by atoms with E-state index < -0.39 is 0 Å². The number of ether oxygens (including phenoxy) is 2. The van der Waals surface area contributed by atoms with Crippen LogP contribution in [0.3, 0.4) is 0 Å². The molecule has 3 heterocycles. The molecule has 7 heteroatoms. The Morgan fingerprint density at radius 2 is 1.88 bits per heavy atom. The second-order valence-electron chi connectivity index (χ2n) is 9.14. The third-order valence-electron chi connectivity index (χ3n) is 7.05. The number of aromatic nitrogens is 1. The Morgan fingerprint density at radius 1 is 1.09 bits per heavy atom. The molecular weight excluding hydrogens is 438 g/mol. The minimum atomic E-state index is -0.00326. The van der Waals surface area contributed by atoms with Crippen LogP contribution in [-0.2, 0) is 13.6 Å². The lowest BCUT2D eigenvalue weighted by Gasteiger charge is -2.30. The first-order chi connectivity index (χ1) is 16.0. The molecule has 1 fully saturated rings. The number of carbonyl (C=O) groups is 1. The van der Waals surface area contributed by atoms with E-state index in [1.807, 2.05) is 43.4 Å². The number of halogens is 1. The van der Waals surface area contributed by atoms with E-state index in [0.717, 1.165) is 53.4 Å². The van der Waals surface area contributed by atoms with E-state index >= 15 is 0 Å². The van der Waals surface area contributed by atoms with Gasteiger partial charge in [-0.15, -0.1) is 0 Å². The summed E-state index contributed by atoms with van der Waals surface area (Å²) in [6.45, 7) is 6.56. The Hall–Kier alpha value is -2.70. The first kappa shape index (κ1) is 22.1. The number of likely N-dealkylation sites (tertiary alicyclic amines) is 1. The van der Waals surface area contributed by atoms with Gasteiger partial charge in [-0.1, -0.05) is 24.6 Å². The molecular formula is C26H30ClN3O3. The summed E-state index contributed by atoms with van der Waals surface area (Å²) in [4.78, 5) is 17.7. The number of anilines is 1. The van der Waals surface area contributed by atoms with Gasteiger partial charge in [0.1, 0.15) is 6.61 Å². The first-order valence-electron chi connectivity index (χ1n) is 11.6. The van der Waals surface area contributed by atoms with Gasteiger partial charge in [-0.25, -0.2) is 0 Å². The lowest BCUT2D eigenvalue weighted by molar-refractivity contribution is 0.0998. The van der Waals surface area contributed by atoms with E-state index in [1.165, 1.54) is 12.8 Å². The van der Waals surface area contributed by atoms with Crippen molar-refractivity contribution in [2.45, 2.75) is 26.3 Å². The average molecular weight is 468 g/mol. The number of benzene rings is 2. The molecule has 2 aliphatic rings. The van der Waals surface area contributed by atoms with E-state index in [4.69, 9.17) is 21.1 Å². The number of methoxy groups -OCH3 is 1. The van der Waals surface area contributed by atoms with Crippen LogP contribution in [0.2, 0.25) is 5.02 Å². The van der Waals surface area contributed by atoms with Crippen molar-refractivity contribution in [3.8, 4) is 11.5 Å². The molecule has 6 nitrogen and oxygen atoms in total. The highest BCUT2D eigenvalue weighted by Crippen LogP contribution is 2.39. The molecule has 1 amide bonds. The van der Waals surface area contributed by atoms with Gasteiger partial charge < -0.3 is 18.9 Å². The summed E-state index contributed by atoms with van der Waals surface area (Å²) in [5.41, 5.74) is 3.53. The van der Waals surface area contributed by atoms with Crippen LogP contribution in [0.25, 0.3) is 10.9 Å². The number of carbonyl (C=O) groups excluding carboxylic acids is 1. The van der Waals surface area contributed by atoms with Crippen molar-refractivity contribution in [1.29, 1.82) is 0 Å². The standard InChI is InChI=1S/C26H30ClN3O3/c1-17-8-10-29(11-9-17)12-13-33-24-15-19(5-7-23(24)32-3)30-16-22-25(26(30)31)20-6-4-18(27)14-21(20)28(22)2/h4-7,14-15,17H,8-13,16H2,1-3H3. The van der Waals surface area contributed by atoms with Gasteiger partial charge in [-0.3, -0.25) is 9.69 Å². The molecule has 0 aliphatic carbocycles. The van der Waals surface area contributed by atoms with Crippen molar-refractivity contribution in [3.63, 3.8) is 0 Å². The van der Waals surface area contributed by atoms with E-state index in [1.54, 1.807) is 12.0 Å². The maximum Gasteiger partial charge on any atom is 0.261 e. The highest BCUT2D eigenvalue weighted by molar-refractivity contribution is 6.31. The number of fused-ring (bicyclic) bond motifs is 3. The summed E-state index contributed by atoms with van der Waals surface area (Å²) in [6, 6.07) is 11.4. The van der Waals surface area contributed by atoms with Crippen molar-refractivity contribution < 1.29 is 14.3 Å². The summed E-state index contributed by atoms with van der Waals surface area (Å²) in [7, 11) is 3.63. The van der Waals surface area contributed by atoms with Gasteiger partial charge in [0.25, 0.3) is 5.91 Å². The third kappa shape index (κ3) is 4.06. The molecule has 0 radical (unpaired) electrons. The van der Waals surface area contributed by atoms with Crippen LogP contribution < -0.4 is 14.4 Å². The highest BCUT2D eigenvalue weighted by Gasteiger charge is 2.34. The van der Waals surface area contributed by atoms with E-state index in [0.29, 0.717) is 29.7 Å². The largest absolute Gasteiger partial charge is 0.493 e. The third-order valence-corrected chi connectivity index (χ3v) is 7.29. The number of aryl methyl sites for hydroxylation is 1. The molecule has 0 atom stereocenters. The van der Waals surface area contributed by atoms with Crippen molar-refractivity contribution in [3.05, 3.63) is 52.7 Å². The predicted molar refractivity (Wildman–Crippen MR) is 132 cm³/mol. The van der Waals surface area contributed by atoms with Gasteiger partial charge in [0.15, 0.2) is 11.5 Å². The summed E-state index contributed by atoms with van der Waals surface area (Å²) in [5.74, 6) is 2.16. The van der Waals surface area contributed by atoms with Crippen molar-refractivity contribution >= 4 is 34.1 Å². The van der Waals surface area contributed by atoms with Crippen LogP contribution in [0.5, 0.6) is 11.5 Å². The maximum atomic E-state index is 13.4. The van der Waals surface area contributed by atoms with Crippen LogP contribution in [0.4, 0.5) is 5.69 Å². The Morgan fingerprint density at radius 3 is 2.64 bits per heavy atom. The molecule has 1 aromatic heterocycles. The fourth-order valence-electron chi connectivity index (χ4n) is 4.97. The summed E-state index contributed by atoms with van der Waals surface area (Å²) >= 11 is 6.18. The number of amides is 1. The number of piperidine rings is 1. The molecule has 0 spiro atoms. The molecule has 2 aliphatic heterocycles. The number of rotatable bonds is 6. The Labute approximate surface area is 199 Å². The van der Waals surface area contributed by atoms with Crippen LogP contribution in [0.15, 0.2) is 36.4 Å². The Bertz CT molecular complexity index is 1200. The van der Waals surface area contributed by atoms with Crippen LogP contribution in [-0.4, -0.2) is 48.7 Å². The summed E-state index contributed by atoms with van der Waals surface area (Å²) in [6.07, 6.45) is 2.49. The molecule has 1 saturated heterocycles.